The van der Waals surface area contributed by atoms with E-state index in [1.165, 1.54) is 0 Å². The van der Waals surface area contributed by atoms with Crippen LogP contribution in [0.4, 0.5) is 0 Å². The van der Waals surface area contributed by atoms with Gasteiger partial charge in [-0.3, -0.25) is 25.0 Å². The smallest absolute Gasteiger partial charge is 0.239 e. The van der Waals surface area contributed by atoms with Crippen LogP contribution in [0.2, 0.25) is 0 Å². The van der Waals surface area contributed by atoms with Gasteiger partial charge in [0.05, 0.1) is 5.92 Å². The molecule has 0 aliphatic carbocycles. The van der Waals surface area contributed by atoms with Crippen molar-refractivity contribution in [3.8, 4) is 0 Å². The molecule has 0 unspecified atom stereocenters. The van der Waals surface area contributed by atoms with Gasteiger partial charge < -0.3 is 0 Å². The summed E-state index contributed by atoms with van der Waals surface area (Å²) in [5.41, 5.74) is 2.90. The van der Waals surface area contributed by atoms with Crippen LogP contribution in [-0.2, 0) is 6.54 Å². The van der Waals surface area contributed by atoms with Gasteiger partial charge in [0.15, 0.2) is 0 Å². The molecule has 0 spiro atoms. The van der Waals surface area contributed by atoms with E-state index in [9.17, 15) is 10.1 Å². The van der Waals surface area contributed by atoms with Crippen LogP contribution in [0.1, 0.15) is 35.1 Å². The minimum absolute atomic E-state index is 0.114. The van der Waals surface area contributed by atoms with Crippen LogP contribution < -0.4 is 0 Å². The second kappa shape index (κ2) is 8.80. The first-order valence-electron chi connectivity index (χ1n) is 9.56. The normalized spacial score (nSPS) is 22.3. The van der Waals surface area contributed by atoms with E-state index in [1.54, 1.807) is 18.6 Å². The lowest BCUT2D eigenvalue weighted by Gasteiger charge is -2.41. The summed E-state index contributed by atoms with van der Waals surface area (Å²) < 4.78 is 0.919. The topological polar surface area (TPSA) is 72.2 Å². The third-order valence-electron chi connectivity index (χ3n) is 5.54. The lowest BCUT2D eigenvalue weighted by molar-refractivity contribution is -0.540. The first-order valence-corrected chi connectivity index (χ1v) is 10.3. The van der Waals surface area contributed by atoms with E-state index in [2.05, 4.69) is 30.8 Å². The number of rotatable bonds is 5. The van der Waals surface area contributed by atoms with Crippen LogP contribution in [0, 0.1) is 10.1 Å². The van der Waals surface area contributed by atoms with Crippen LogP contribution in [0.25, 0.3) is 0 Å². The van der Waals surface area contributed by atoms with Gasteiger partial charge in [-0.2, -0.15) is 0 Å². The molecule has 0 bridgehead atoms. The van der Waals surface area contributed by atoms with E-state index in [0.29, 0.717) is 13.0 Å². The van der Waals surface area contributed by atoms with Crippen molar-refractivity contribution >= 4 is 15.9 Å². The first-order chi connectivity index (χ1) is 14.1. The van der Waals surface area contributed by atoms with Gasteiger partial charge in [-0.15, -0.1) is 0 Å². The summed E-state index contributed by atoms with van der Waals surface area (Å²) in [7, 11) is 0. The summed E-state index contributed by atoms with van der Waals surface area (Å²) in [6.45, 7) is 1.37. The molecule has 29 heavy (non-hydrogen) atoms. The molecule has 6 nitrogen and oxygen atoms in total. The Morgan fingerprint density at radius 2 is 1.83 bits per heavy atom. The van der Waals surface area contributed by atoms with Gasteiger partial charge in [0.25, 0.3) is 0 Å². The summed E-state index contributed by atoms with van der Waals surface area (Å²) in [5, 5.41) is 12.4. The fourth-order valence-corrected chi connectivity index (χ4v) is 4.87. The Bertz CT molecular complexity index is 971. The van der Waals surface area contributed by atoms with Crippen LogP contribution in [0.3, 0.4) is 0 Å². The van der Waals surface area contributed by atoms with Crippen molar-refractivity contribution in [2.45, 2.75) is 31.0 Å². The Morgan fingerprint density at radius 3 is 2.48 bits per heavy atom. The molecule has 1 aliphatic heterocycles. The maximum atomic E-state index is 12.4. The summed E-state index contributed by atoms with van der Waals surface area (Å²) in [5.74, 6) is -0.184. The number of halogens is 1. The zero-order chi connectivity index (χ0) is 20.2. The zero-order valence-corrected chi connectivity index (χ0v) is 17.4. The summed E-state index contributed by atoms with van der Waals surface area (Å²) in [4.78, 5) is 22.9. The van der Waals surface area contributed by atoms with Gasteiger partial charge in [-0.05, 0) is 41.3 Å². The zero-order valence-electron chi connectivity index (χ0n) is 15.8. The largest absolute Gasteiger partial charge is 0.286 e. The van der Waals surface area contributed by atoms with Gasteiger partial charge in [0.1, 0.15) is 6.04 Å². The van der Waals surface area contributed by atoms with Gasteiger partial charge >= 0.3 is 0 Å². The highest BCUT2D eigenvalue weighted by Crippen LogP contribution is 2.43. The molecule has 1 aromatic carbocycles. The molecule has 0 amide bonds. The Balaban J connectivity index is 1.76. The van der Waals surface area contributed by atoms with Crippen molar-refractivity contribution in [3.05, 3.63) is 105 Å². The van der Waals surface area contributed by atoms with E-state index < -0.39 is 6.04 Å². The highest BCUT2D eigenvalue weighted by Gasteiger charge is 2.47. The molecule has 1 aliphatic rings. The second-order valence-corrected chi connectivity index (χ2v) is 8.11. The van der Waals surface area contributed by atoms with Crippen molar-refractivity contribution in [2.75, 3.05) is 6.54 Å². The quantitative estimate of drug-likeness (QED) is 0.417. The molecule has 7 heteroatoms. The van der Waals surface area contributed by atoms with Crippen LogP contribution >= 0.6 is 15.9 Å². The lowest BCUT2D eigenvalue weighted by atomic mass is 9.78. The molecule has 148 valence electrons. The average Bonchev–Trinajstić information content (AvgIpc) is 2.75. The van der Waals surface area contributed by atoms with Gasteiger partial charge in [-0.25, -0.2) is 0 Å². The van der Waals surface area contributed by atoms with Crippen molar-refractivity contribution in [2.24, 2.45) is 0 Å². The number of aromatic nitrogens is 2. The molecule has 0 saturated carbocycles. The number of hydrogen-bond donors (Lipinski definition) is 0. The summed E-state index contributed by atoms with van der Waals surface area (Å²) in [6.07, 6.45) is 7.72. The number of hydrogen-bond acceptors (Lipinski definition) is 5. The Kier molecular flexibility index (Phi) is 5.97. The number of benzene rings is 1. The Labute approximate surface area is 177 Å². The predicted octanol–water partition coefficient (Wildman–Crippen LogP) is 4.62. The number of likely N-dealkylation sites (tertiary alicyclic amines) is 1. The van der Waals surface area contributed by atoms with Crippen molar-refractivity contribution < 1.29 is 4.92 Å². The van der Waals surface area contributed by atoms with Gasteiger partial charge in [0.2, 0.25) is 6.04 Å². The lowest BCUT2D eigenvalue weighted by Crippen LogP contribution is -2.48. The summed E-state index contributed by atoms with van der Waals surface area (Å²) >= 11 is 3.60. The van der Waals surface area contributed by atoms with Crippen molar-refractivity contribution in [3.63, 3.8) is 0 Å². The van der Waals surface area contributed by atoms with Crippen molar-refractivity contribution in [1.82, 2.24) is 14.9 Å². The molecule has 3 heterocycles. The molecule has 3 aromatic rings. The fraction of sp³-hybridized carbons (Fsp3) is 0.273. The van der Waals surface area contributed by atoms with E-state index in [4.69, 9.17) is 0 Å². The van der Waals surface area contributed by atoms with Crippen LogP contribution in [0.15, 0.2) is 77.8 Å². The molecular formula is C22H21BrN4O2. The minimum Gasteiger partial charge on any atom is -0.286 e. The van der Waals surface area contributed by atoms with Crippen LogP contribution in [-0.4, -0.2) is 32.4 Å². The number of piperidine rings is 1. The van der Waals surface area contributed by atoms with Gasteiger partial charge in [-0.1, -0.05) is 46.3 Å². The molecule has 0 N–H and O–H groups in total. The van der Waals surface area contributed by atoms with Crippen molar-refractivity contribution in [1.29, 1.82) is 0 Å². The number of pyridine rings is 2. The molecule has 2 aromatic heterocycles. The number of nitro groups is 1. The highest BCUT2D eigenvalue weighted by atomic mass is 79.9. The maximum Gasteiger partial charge on any atom is 0.239 e. The molecule has 1 fully saturated rings. The molecule has 0 radical (unpaired) electrons. The third kappa shape index (κ3) is 4.21. The standard InChI is InChI=1S/C22H21BrN4O2/c23-20-8-2-1-7-18(20)19-9-12-26(15-16-5-3-10-24-13-16)21(22(19)27(28)29)17-6-4-11-25-14-17/h1-8,10-11,13-14,19,21-22H,9,12,15H2/t19-,21+,22-/m0/s1. The second-order valence-electron chi connectivity index (χ2n) is 7.26. The molecule has 4 rings (SSSR count). The molecule has 3 atom stereocenters. The van der Waals surface area contributed by atoms with E-state index in [0.717, 1.165) is 27.7 Å². The first kappa shape index (κ1) is 19.7. The van der Waals surface area contributed by atoms with E-state index in [1.807, 2.05) is 54.7 Å². The minimum atomic E-state index is -0.775. The van der Waals surface area contributed by atoms with E-state index >= 15 is 0 Å². The fourth-order valence-electron chi connectivity index (χ4n) is 4.29. The third-order valence-corrected chi connectivity index (χ3v) is 6.26. The number of nitrogens with zero attached hydrogens (tertiary/aromatic N) is 4. The maximum absolute atomic E-state index is 12.4. The highest BCUT2D eigenvalue weighted by molar-refractivity contribution is 9.10. The monoisotopic (exact) mass is 452 g/mol. The SMILES string of the molecule is O=[N+]([O-])[C@@H]1[C@@H](c2cccnc2)N(Cc2cccnc2)CC[C@H]1c1ccccc1Br. The van der Waals surface area contributed by atoms with E-state index in [-0.39, 0.29) is 16.9 Å². The Hall–Kier alpha value is -2.64. The molecule has 1 saturated heterocycles. The molecular weight excluding hydrogens is 432 g/mol. The van der Waals surface area contributed by atoms with Gasteiger partial charge in [0, 0.05) is 47.3 Å². The Morgan fingerprint density at radius 1 is 1.07 bits per heavy atom. The average molecular weight is 453 g/mol. The van der Waals surface area contributed by atoms with Crippen LogP contribution in [0.5, 0.6) is 0 Å². The predicted molar refractivity (Wildman–Crippen MR) is 114 cm³/mol. The summed E-state index contributed by atoms with van der Waals surface area (Å²) in [6, 6.07) is 14.4.